The topological polar surface area (TPSA) is 26.3 Å². The highest BCUT2D eigenvalue weighted by atomic mass is 35.5. The molecule has 0 aliphatic rings. The summed E-state index contributed by atoms with van der Waals surface area (Å²) >= 11 is 13.3. The molecule has 1 heterocycles. The van der Waals surface area contributed by atoms with Crippen LogP contribution in [0.2, 0.25) is 10.0 Å². The van der Waals surface area contributed by atoms with E-state index in [2.05, 4.69) is 0 Å². The van der Waals surface area contributed by atoms with E-state index in [9.17, 15) is 4.79 Å². The van der Waals surface area contributed by atoms with Crippen LogP contribution < -0.4 is 4.74 Å². The van der Waals surface area contributed by atoms with Crippen LogP contribution in [0.1, 0.15) is 17.3 Å². The Labute approximate surface area is 119 Å². The first-order valence-electron chi connectivity index (χ1n) is 5.16. The lowest BCUT2D eigenvalue weighted by Gasteiger charge is -2.05. The largest absolute Gasteiger partial charge is 0.494 e. The molecule has 2 aromatic rings. The van der Waals surface area contributed by atoms with Crippen LogP contribution >= 0.6 is 34.5 Å². The highest BCUT2D eigenvalue weighted by molar-refractivity contribution is 7.14. The molecule has 2 nitrogen and oxygen atoms in total. The van der Waals surface area contributed by atoms with Crippen LogP contribution in [0.4, 0.5) is 0 Å². The number of Topliss-reactive ketones (excluding diaryl/α,β-unsaturated/α-hetero) is 1. The minimum Gasteiger partial charge on any atom is -0.494 e. The smallest absolute Gasteiger partial charge is 0.164 e. The van der Waals surface area contributed by atoms with Crippen molar-refractivity contribution in [1.29, 1.82) is 0 Å². The molecule has 0 aliphatic heterocycles. The number of methoxy groups -OCH3 is 1. The van der Waals surface area contributed by atoms with Crippen molar-refractivity contribution in [2.75, 3.05) is 7.11 Å². The fourth-order valence-electron chi connectivity index (χ4n) is 1.63. The van der Waals surface area contributed by atoms with Crippen LogP contribution in [0, 0.1) is 0 Å². The molecule has 0 N–H and O–H groups in total. The van der Waals surface area contributed by atoms with Crippen molar-refractivity contribution in [1.82, 2.24) is 0 Å². The molecule has 0 bridgehead atoms. The summed E-state index contributed by atoms with van der Waals surface area (Å²) in [6.45, 7) is 1.52. The van der Waals surface area contributed by atoms with E-state index in [1.54, 1.807) is 24.6 Å². The molecule has 0 saturated carbocycles. The monoisotopic (exact) mass is 300 g/mol. The lowest BCUT2D eigenvalue weighted by Crippen LogP contribution is -1.94. The molecule has 0 atom stereocenters. The van der Waals surface area contributed by atoms with Gasteiger partial charge in [0.2, 0.25) is 0 Å². The number of benzene rings is 1. The fraction of sp³-hybridized carbons (Fsp3) is 0.154. The Morgan fingerprint density at radius 3 is 2.56 bits per heavy atom. The molecule has 0 saturated heterocycles. The number of carbonyl (C=O) groups is 1. The van der Waals surface area contributed by atoms with E-state index >= 15 is 0 Å². The third-order valence-corrected chi connectivity index (χ3v) is 4.26. The number of ketones is 1. The summed E-state index contributed by atoms with van der Waals surface area (Å²) in [5.74, 6) is 0.570. The number of hydrogen-bond donors (Lipinski definition) is 0. The van der Waals surface area contributed by atoms with Gasteiger partial charge in [-0.2, -0.15) is 0 Å². The Hall–Kier alpha value is -1.03. The van der Waals surface area contributed by atoms with Gasteiger partial charge in [-0.25, -0.2) is 0 Å². The van der Waals surface area contributed by atoms with Crippen LogP contribution in [0.15, 0.2) is 23.6 Å². The summed E-state index contributed by atoms with van der Waals surface area (Å²) < 4.78 is 5.32. The minimum absolute atomic E-state index is 0.0191. The first-order valence-corrected chi connectivity index (χ1v) is 6.80. The average molecular weight is 301 g/mol. The zero-order valence-electron chi connectivity index (χ0n) is 9.79. The van der Waals surface area contributed by atoms with Crippen molar-refractivity contribution in [3.63, 3.8) is 0 Å². The first kappa shape index (κ1) is 13.4. The molecule has 0 fully saturated rings. The Bertz CT molecular complexity index is 605. The number of hydrogen-bond acceptors (Lipinski definition) is 3. The van der Waals surface area contributed by atoms with Gasteiger partial charge < -0.3 is 4.74 Å². The quantitative estimate of drug-likeness (QED) is 0.751. The summed E-state index contributed by atoms with van der Waals surface area (Å²) in [6.07, 6.45) is 0. The maximum atomic E-state index is 11.5. The standard InChI is InChI=1S/C13H10Cl2O2S/c1-7(16)9-6-18-13(12(9)17-2)8-3-4-10(14)11(15)5-8/h3-6H,1-2H3. The van der Waals surface area contributed by atoms with Crippen LogP contribution in [-0.4, -0.2) is 12.9 Å². The van der Waals surface area contributed by atoms with Crippen LogP contribution in [-0.2, 0) is 0 Å². The van der Waals surface area contributed by atoms with Gasteiger partial charge in [0.1, 0.15) is 5.75 Å². The third kappa shape index (κ3) is 2.39. The van der Waals surface area contributed by atoms with Gasteiger partial charge in [-0.15, -0.1) is 11.3 Å². The second-order valence-electron chi connectivity index (χ2n) is 3.70. The Balaban J connectivity index is 2.57. The Morgan fingerprint density at radius 1 is 1.28 bits per heavy atom. The molecule has 2 rings (SSSR count). The van der Waals surface area contributed by atoms with Gasteiger partial charge in [0.05, 0.1) is 27.6 Å². The first-order chi connectivity index (χ1) is 8.54. The van der Waals surface area contributed by atoms with Gasteiger partial charge in [-0.05, 0) is 24.6 Å². The summed E-state index contributed by atoms with van der Waals surface area (Å²) in [5.41, 5.74) is 1.47. The molecule has 0 aliphatic carbocycles. The van der Waals surface area contributed by atoms with Gasteiger partial charge >= 0.3 is 0 Å². The molecule has 0 radical (unpaired) electrons. The highest BCUT2D eigenvalue weighted by Gasteiger charge is 2.17. The summed E-state index contributed by atoms with van der Waals surface area (Å²) in [4.78, 5) is 12.3. The molecule has 1 aromatic carbocycles. The molecular weight excluding hydrogens is 291 g/mol. The van der Waals surface area contributed by atoms with Crippen LogP contribution in [0.25, 0.3) is 10.4 Å². The highest BCUT2D eigenvalue weighted by Crippen LogP contribution is 2.41. The molecular formula is C13H10Cl2O2S. The number of halogens is 2. The van der Waals surface area contributed by atoms with Crippen molar-refractivity contribution >= 4 is 40.3 Å². The lowest BCUT2D eigenvalue weighted by atomic mass is 10.1. The van der Waals surface area contributed by atoms with E-state index in [4.69, 9.17) is 27.9 Å². The molecule has 18 heavy (non-hydrogen) atoms. The van der Waals surface area contributed by atoms with Crippen LogP contribution in [0.5, 0.6) is 5.75 Å². The molecule has 5 heteroatoms. The van der Waals surface area contributed by atoms with E-state index in [1.807, 2.05) is 6.07 Å². The van der Waals surface area contributed by atoms with E-state index in [1.165, 1.54) is 18.3 Å². The fourth-order valence-corrected chi connectivity index (χ4v) is 3.00. The summed E-state index contributed by atoms with van der Waals surface area (Å²) in [5, 5.41) is 2.77. The number of rotatable bonds is 3. The number of thiophene rings is 1. The summed E-state index contributed by atoms with van der Waals surface area (Å²) in [6, 6.07) is 5.35. The third-order valence-electron chi connectivity index (χ3n) is 2.51. The van der Waals surface area contributed by atoms with E-state index in [0.29, 0.717) is 21.4 Å². The maximum absolute atomic E-state index is 11.5. The molecule has 94 valence electrons. The second kappa shape index (κ2) is 5.31. The van der Waals surface area contributed by atoms with Gasteiger partial charge in [-0.1, -0.05) is 29.3 Å². The van der Waals surface area contributed by atoms with Crippen molar-refractivity contribution in [2.24, 2.45) is 0 Å². The second-order valence-corrected chi connectivity index (χ2v) is 5.39. The van der Waals surface area contributed by atoms with Gasteiger partial charge in [0.25, 0.3) is 0 Å². The zero-order valence-corrected chi connectivity index (χ0v) is 12.1. The Morgan fingerprint density at radius 2 is 2.00 bits per heavy atom. The van der Waals surface area contributed by atoms with E-state index < -0.39 is 0 Å². The van der Waals surface area contributed by atoms with Crippen molar-refractivity contribution in [3.05, 3.63) is 39.2 Å². The summed E-state index contributed by atoms with van der Waals surface area (Å²) in [7, 11) is 1.55. The molecule has 0 spiro atoms. The normalized spacial score (nSPS) is 10.4. The van der Waals surface area contributed by atoms with Gasteiger partial charge in [-0.3, -0.25) is 4.79 Å². The van der Waals surface area contributed by atoms with Gasteiger partial charge in [0, 0.05) is 5.38 Å². The zero-order chi connectivity index (χ0) is 13.3. The SMILES string of the molecule is COc1c(C(C)=O)csc1-c1ccc(Cl)c(Cl)c1. The lowest BCUT2D eigenvalue weighted by molar-refractivity contribution is 0.101. The number of ether oxygens (including phenoxy) is 1. The Kier molecular flexibility index (Phi) is 3.95. The van der Waals surface area contributed by atoms with Crippen molar-refractivity contribution in [2.45, 2.75) is 6.92 Å². The van der Waals surface area contributed by atoms with Crippen LogP contribution in [0.3, 0.4) is 0 Å². The van der Waals surface area contributed by atoms with Crippen molar-refractivity contribution < 1.29 is 9.53 Å². The molecule has 1 aromatic heterocycles. The maximum Gasteiger partial charge on any atom is 0.164 e. The molecule has 0 unspecified atom stereocenters. The van der Waals surface area contributed by atoms with E-state index in [0.717, 1.165) is 10.4 Å². The van der Waals surface area contributed by atoms with E-state index in [-0.39, 0.29) is 5.78 Å². The predicted molar refractivity (Wildman–Crippen MR) is 76.3 cm³/mol. The number of carbonyl (C=O) groups excluding carboxylic acids is 1. The van der Waals surface area contributed by atoms with Gasteiger partial charge in [0.15, 0.2) is 5.78 Å². The molecule has 0 amide bonds. The van der Waals surface area contributed by atoms with Crippen molar-refractivity contribution in [3.8, 4) is 16.2 Å². The average Bonchev–Trinajstić information content (AvgIpc) is 2.76. The minimum atomic E-state index is -0.0191. The predicted octanol–water partition coefficient (Wildman–Crippen LogP) is 4.93.